The maximum atomic E-state index is 10.2. The first kappa shape index (κ1) is 13.6. The Morgan fingerprint density at radius 1 is 1.64 bits per heavy atom. The molecule has 0 spiro atoms. The van der Waals surface area contributed by atoms with Crippen LogP contribution in [0.5, 0.6) is 0 Å². The lowest BCUT2D eigenvalue weighted by Crippen LogP contribution is -2.21. The van der Waals surface area contributed by atoms with Gasteiger partial charge in [0.1, 0.15) is 5.38 Å². The number of carboxylic acid groups (broad SMARTS) is 1. The van der Waals surface area contributed by atoms with Gasteiger partial charge in [-0.05, 0) is 27.1 Å². The molecule has 0 rings (SSSR count). The van der Waals surface area contributed by atoms with Crippen molar-refractivity contribution in [2.75, 3.05) is 20.6 Å². The van der Waals surface area contributed by atoms with Crippen molar-refractivity contribution in [3.05, 3.63) is 0 Å². The molecule has 1 atom stereocenters. The van der Waals surface area contributed by atoms with Gasteiger partial charge in [0.15, 0.2) is 0 Å². The van der Waals surface area contributed by atoms with Crippen LogP contribution in [0, 0.1) is 0 Å². The lowest BCUT2D eigenvalue weighted by Gasteiger charge is -2.09. The summed E-state index contributed by atoms with van der Waals surface area (Å²) in [5.74, 6) is -0.941. The van der Waals surface area contributed by atoms with Gasteiger partial charge in [-0.15, -0.1) is 24.0 Å². The van der Waals surface area contributed by atoms with Gasteiger partial charge in [-0.1, -0.05) is 0 Å². The highest BCUT2D eigenvalue weighted by molar-refractivity contribution is 6.29. The Bertz CT molecular complexity index is 119. The summed E-state index contributed by atoms with van der Waals surface area (Å²) in [7, 11) is 3.76. The fourth-order valence-corrected chi connectivity index (χ4v) is 0.593. The SMILES string of the molecule is CN(C)CC[C@@H](Cl)C(=O)O.Cl. The molecule has 0 radical (unpaired) electrons. The molecular formula is C6H13Cl2NO2. The van der Waals surface area contributed by atoms with Gasteiger partial charge in [-0.2, -0.15) is 0 Å². The quantitative estimate of drug-likeness (QED) is 0.692. The summed E-state index contributed by atoms with van der Waals surface area (Å²) in [6.07, 6.45) is 0.490. The second-order valence-electron chi connectivity index (χ2n) is 2.40. The highest BCUT2D eigenvalue weighted by Gasteiger charge is 2.12. The van der Waals surface area contributed by atoms with Crippen LogP contribution >= 0.6 is 24.0 Å². The van der Waals surface area contributed by atoms with Gasteiger partial charge >= 0.3 is 5.97 Å². The Hall–Kier alpha value is 0.01000. The number of alkyl halides is 1. The van der Waals surface area contributed by atoms with E-state index < -0.39 is 11.3 Å². The van der Waals surface area contributed by atoms with Gasteiger partial charge in [-0.25, -0.2) is 0 Å². The van der Waals surface area contributed by atoms with E-state index in [0.717, 1.165) is 0 Å². The molecule has 0 amide bonds. The molecule has 0 aliphatic carbocycles. The van der Waals surface area contributed by atoms with Crippen LogP contribution in [0.3, 0.4) is 0 Å². The van der Waals surface area contributed by atoms with Crippen molar-refractivity contribution in [2.45, 2.75) is 11.8 Å². The molecule has 0 saturated carbocycles. The first-order chi connectivity index (χ1) is 4.54. The zero-order valence-corrected chi connectivity index (χ0v) is 8.15. The molecular weight excluding hydrogens is 189 g/mol. The maximum absolute atomic E-state index is 10.2. The van der Waals surface area contributed by atoms with Crippen molar-refractivity contribution >= 4 is 30.0 Å². The molecule has 3 nitrogen and oxygen atoms in total. The van der Waals surface area contributed by atoms with Crippen LogP contribution < -0.4 is 0 Å². The van der Waals surface area contributed by atoms with Crippen LogP contribution in [-0.2, 0) is 4.79 Å². The van der Waals surface area contributed by atoms with E-state index in [9.17, 15) is 4.79 Å². The van der Waals surface area contributed by atoms with E-state index in [-0.39, 0.29) is 12.4 Å². The van der Waals surface area contributed by atoms with Crippen LogP contribution in [0.25, 0.3) is 0 Å². The number of halogens is 2. The number of hydrogen-bond donors (Lipinski definition) is 1. The topological polar surface area (TPSA) is 40.5 Å². The van der Waals surface area contributed by atoms with Crippen LogP contribution in [0.15, 0.2) is 0 Å². The second-order valence-corrected chi connectivity index (χ2v) is 2.92. The van der Waals surface area contributed by atoms with Gasteiger partial charge in [-0.3, -0.25) is 4.79 Å². The normalized spacial score (nSPS) is 12.4. The number of carboxylic acids is 1. The molecule has 0 aromatic heterocycles. The fraction of sp³-hybridized carbons (Fsp3) is 0.833. The van der Waals surface area contributed by atoms with E-state index in [1.165, 1.54) is 0 Å². The van der Waals surface area contributed by atoms with Gasteiger partial charge in [0.2, 0.25) is 0 Å². The summed E-state index contributed by atoms with van der Waals surface area (Å²) in [5.41, 5.74) is 0. The molecule has 0 aliphatic rings. The summed E-state index contributed by atoms with van der Waals surface area (Å²) in [6.45, 7) is 0.709. The third-order valence-corrected chi connectivity index (χ3v) is 1.50. The van der Waals surface area contributed by atoms with E-state index in [1.807, 2.05) is 19.0 Å². The molecule has 0 fully saturated rings. The smallest absolute Gasteiger partial charge is 0.321 e. The maximum Gasteiger partial charge on any atom is 0.321 e. The van der Waals surface area contributed by atoms with Crippen molar-refractivity contribution in [2.24, 2.45) is 0 Å². The predicted octanol–water partition coefficient (Wildman–Crippen LogP) is 1.05. The molecule has 0 bridgehead atoms. The molecule has 0 heterocycles. The van der Waals surface area contributed by atoms with Gasteiger partial charge in [0.05, 0.1) is 0 Å². The standard InChI is InChI=1S/C6H12ClNO2.ClH/c1-8(2)4-3-5(7)6(9)10;/h5H,3-4H2,1-2H3,(H,9,10);1H/t5-;/m1./s1. The minimum absolute atomic E-state index is 0. The third kappa shape index (κ3) is 7.91. The van der Waals surface area contributed by atoms with E-state index in [0.29, 0.717) is 13.0 Å². The van der Waals surface area contributed by atoms with E-state index in [1.54, 1.807) is 0 Å². The van der Waals surface area contributed by atoms with E-state index in [4.69, 9.17) is 16.7 Å². The van der Waals surface area contributed by atoms with E-state index in [2.05, 4.69) is 0 Å². The Morgan fingerprint density at radius 2 is 2.09 bits per heavy atom. The van der Waals surface area contributed by atoms with Crippen LogP contribution in [0.2, 0.25) is 0 Å². The number of hydrogen-bond acceptors (Lipinski definition) is 2. The van der Waals surface area contributed by atoms with Crippen LogP contribution in [0.1, 0.15) is 6.42 Å². The van der Waals surface area contributed by atoms with Crippen molar-refractivity contribution in [3.8, 4) is 0 Å². The summed E-state index contributed by atoms with van der Waals surface area (Å²) in [4.78, 5) is 12.1. The molecule has 0 aromatic carbocycles. The molecule has 0 aromatic rings. The molecule has 0 unspecified atom stereocenters. The van der Waals surface area contributed by atoms with Crippen molar-refractivity contribution < 1.29 is 9.90 Å². The summed E-state index contributed by atoms with van der Waals surface area (Å²) in [5, 5.41) is 7.60. The minimum atomic E-state index is -0.941. The van der Waals surface area contributed by atoms with Gasteiger partial charge in [0.25, 0.3) is 0 Å². The molecule has 0 aliphatic heterocycles. The largest absolute Gasteiger partial charge is 0.480 e. The van der Waals surface area contributed by atoms with E-state index >= 15 is 0 Å². The monoisotopic (exact) mass is 201 g/mol. The Kier molecular flexibility index (Phi) is 8.28. The number of carbonyl (C=O) groups is 1. The van der Waals surface area contributed by atoms with Crippen LogP contribution in [0.4, 0.5) is 0 Å². The van der Waals surface area contributed by atoms with Crippen molar-refractivity contribution in [1.82, 2.24) is 4.90 Å². The number of rotatable bonds is 4. The lowest BCUT2D eigenvalue weighted by molar-refractivity contribution is -0.136. The second kappa shape index (κ2) is 6.70. The third-order valence-electron chi connectivity index (χ3n) is 1.10. The molecule has 11 heavy (non-hydrogen) atoms. The first-order valence-corrected chi connectivity index (χ1v) is 3.49. The Balaban J connectivity index is 0. The first-order valence-electron chi connectivity index (χ1n) is 3.05. The number of nitrogens with zero attached hydrogens (tertiary/aromatic N) is 1. The van der Waals surface area contributed by atoms with Gasteiger partial charge < -0.3 is 10.0 Å². The highest BCUT2D eigenvalue weighted by Crippen LogP contribution is 2.01. The van der Waals surface area contributed by atoms with Crippen molar-refractivity contribution in [1.29, 1.82) is 0 Å². The average molecular weight is 202 g/mol. The van der Waals surface area contributed by atoms with Crippen LogP contribution in [-0.4, -0.2) is 42.0 Å². The number of aliphatic carboxylic acids is 1. The molecule has 68 valence electrons. The van der Waals surface area contributed by atoms with Gasteiger partial charge in [0, 0.05) is 0 Å². The zero-order chi connectivity index (χ0) is 8.15. The summed E-state index contributed by atoms with van der Waals surface area (Å²) < 4.78 is 0. The average Bonchev–Trinajstić information content (AvgIpc) is 1.82. The lowest BCUT2D eigenvalue weighted by atomic mass is 10.3. The zero-order valence-electron chi connectivity index (χ0n) is 6.58. The summed E-state index contributed by atoms with van der Waals surface area (Å²) >= 11 is 5.43. The molecule has 5 heteroatoms. The predicted molar refractivity (Wildman–Crippen MR) is 47.7 cm³/mol. The van der Waals surface area contributed by atoms with Crippen molar-refractivity contribution in [3.63, 3.8) is 0 Å². The minimum Gasteiger partial charge on any atom is -0.480 e. The Morgan fingerprint density at radius 3 is 2.36 bits per heavy atom. The molecule has 0 saturated heterocycles. The Labute approximate surface area is 77.7 Å². The highest BCUT2D eigenvalue weighted by atomic mass is 35.5. The molecule has 1 N–H and O–H groups in total. The fourth-order valence-electron chi connectivity index (χ4n) is 0.495. The summed E-state index contributed by atoms with van der Waals surface area (Å²) in [6, 6.07) is 0.